The molecule has 4 nitrogen and oxygen atoms in total. The van der Waals surface area contributed by atoms with Crippen LogP contribution in [0.2, 0.25) is 0 Å². The van der Waals surface area contributed by atoms with Gasteiger partial charge in [-0.05, 0) is 49.6 Å². The van der Waals surface area contributed by atoms with Gasteiger partial charge in [-0.2, -0.15) is 0 Å². The third kappa shape index (κ3) is 3.02. The van der Waals surface area contributed by atoms with E-state index in [4.69, 9.17) is 0 Å². The van der Waals surface area contributed by atoms with Gasteiger partial charge in [0.2, 0.25) is 0 Å². The number of aromatic nitrogens is 1. The molecule has 0 saturated heterocycles. The predicted octanol–water partition coefficient (Wildman–Crippen LogP) is 3.57. The van der Waals surface area contributed by atoms with Crippen LogP contribution >= 0.6 is 15.9 Å². The lowest BCUT2D eigenvalue weighted by Crippen LogP contribution is -2.16. The Balaban J connectivity index is 2.47. The summed E-state index contributed by atoms with van der Waals surface area (Å²) in [6, 6.07) is 7.03. The lowest BCUT2D eigenvalue weighted by Gasteiger charge is -2.12. The third-order valence-corrected chi connectivity index (χ3v) is 5.32. The first kappa shape index (κ1) is 15.0. The van der Waals surface area contributed by atoms with Gasteiger partial charge < -0.3 is 0 Å². The standard InChI is InChI=1S/C14H15BrN2O2S/c1-9-5-4-6-16-14(9)17-20(18,19)13-8-12(15)10(2)7-11(13)3/h4-8H,1-3H3,(H,16,17). The van der Waals surface area contributed by atoms with Gasteiger partial charge in [0, 0.05) is 10.7 Å². The Hall–Kier alpha value is -1.40. The van der Waals surface area contributed by atoms with Gasteiger partial charge in [0.1, 0.15) is 5.82 Å². The Kier molecular flexibility index (Phi) is 4.15. The van der Waals surface area contributed by atoms with Crippen LogP contribution in [-0.2, 0) is 10.0 Å². The summed E-state index contributed by atoms with van der Waals surface area (Å²) in [5.41, 5.74) is 2.47. The summed E-state index contributed by atoms with van der Waals surface area (Å²) < 4.78 is 28.2. The second-order valence-corrected chi connectivity index (χ2v) is 7.15. The molecule has 0 bridgehead atoms. The van der Waals surface area contributed by atoms with E-state index in [1.54, 1.807) is 25.3 Å². The zero-order chi connectivity index (χ0) is 14.9. The summed E-state index contributed by atoms with van der Waals surface area (Å²) in [6.45, 7) is 5.51. The lowest BCUT2D eigenvalue weighted by molar-refractivity contribution is 0.600. The summed E-state index contributed by atoms with van der Waals surface area (Å²) in [4.78, 5) is 4.31. The number of hydrogen-bond acceptors (Lipinski definition) is 3. The van der Waals surface area contributed by atoms with Gasteiger partial charge in [0.05, 0.1) is 4.90 Å². The summed E-state index contributed by atoms with van der Waals surface area (Å²) in [5, 5.41) is 0. The van der Waals surface area contributed by atoms with Gasteiger partial charge in [-0.3, -0.25) is 4.72 Å². The molecule has 0 fully saturated rings. The van der Waals surface area contributed by atoms with Gasteiger partial charge in [0.15, 0.2) is 0 Å². The molecule has 0 amide bonds. The first-order valence-electron chi connectivity index (χ1n) is 6.02. The quantitative estimate of drug-likeness (QED) is 0.916. The maximum absolute atomic E-state index is 12.5. The fraction of sp³-hybridized carbons (Fsp3) is 0.214. The third-order valence-electron chi connectivity index (χ3n) is 2.99. The van der Waals surface area contributed by atoms with Crippen molar-refractivity contribution in [1.29, 1.82) is 0 Å². The summed E-state index contributed by atoms with van der Waals surface area (Å²) >= 11 is 3.36. The van der Waals surface area contributed by atoms with E-state index in [1.807, 2.05) is 26.0 Å². The van der Waals surface area contributed by atoms with Crippen LogP contribution in [0.4, 0.5) is 5.82 Å². The largest absolute Gasteiger partial charge is 0.263 e. The Morgan fingerprint density at radius 3 is 2.45 bits per heavy atom. The minimum Gasteiger partial charge on any atom is -0.263 e. The first-order valence-corrected chi connectivity index (χ1v) is 8.30. The molecule has 0 saturated carbocycles. The van der Waals surface area contributed by atoms with Crippen molar-refractivity contribution in [3.05, 3.63) is 51.6 Å². The van der Waals surface area contributed by atoms with E-state index in [2.05, 4.69) is 25.6 Å². The zero-order valence-corrected chi connectivity index (χ0v) is 13.8. The minimum atomic E-state index is -3.65. The molecular formula is C14H15BrN2O2S. The van der Waals surface area contributed by atoms with Crippen LogP contribution in [0.15, 0.2) is 39.8 Å². The molecule has 20 heavy (non-hydrogen) atoms. The van der Waals surface area contributed by atoms with Crippen LogP contribution in [0.25, 0.3) is 0 Å². The van der Waals surface area contributed by atoms with Crippen LogP contribution < -0.4 is 4.72 Å². The van der Waals surface area contributed by atoms with Gasteiger partial charge in [-0.15, -0.1) is 0 Å². The summed E-state index contributed by atoms with van der Waals surface area (Å²) in [5.74, 6) is 0.351. The fourth-order valence-electron chi connectivity index (χ4n) is 1.87. The molecule has 106 valence electrons. The Labute approximate surface area is 127 Å². The normalized spacial score (nSPS) is 11.4. The molecule has 0 unspecified atom stereocenters. The average Bonchev–Trinajstić information content (AvgIpc) is 2.36. The average molecular weight is 355 g/mol. The number of nitrogens with zero attached hydrogens (tertiary/aromatic N) is 1. The van der Waals surface area contributed by atoms with E-state index in [0.29, 0.717) is 11.4 Å². The predicted molar refractivity (Wildman–Crippen MR) is 83.4 cm³/mol. The number of nitrogens with one attached hydrogen (secondary N) is 1. The first-order chi connectivity index (χ1) is 9.31. The highest BCUT2D eigenvalue weighted by molar-refractivity contribution is 9.10. The van der Waals surface area contributed by atoms with E-state index >= 15 is 0 Å². The van der Waals surface area contributed by atoms with Gasteiger partial charge in [-0.1, -0.05) is 28.1 Å². The second kappa shape index (κ2) is 5.54. The molecule has 1 aromatic carbocycles. The molecule has 0 aliphatic heterocycles. The van der Waals surface area contributed by atoms with Crippen LogP contribution in [-0.4, -0.2) is 13.4 Å². The molecule has 6 heteroatoms. The number of pyridine rings is 1. The van der Waals surface area contributed by atoms with Crippen molar-refractivity contribution in [1.82, 2.24) is 4.98 Å². The molecule has 0 aliphatic carbocycles. The smallest absolute Gasteiger partial charge is 0.263 e. The highest BCUT2D eigenvalue weighted by atomic mass is 79.9. The molecule has 2 aromatic rings. The van der Waals surface area contributed by atoms with Crippen LogP contribution in [0, 0.1) is 20.8 Å². The molecule has 0 aliphatic rings. The monoisotopic (exact) mass is 354 g/mol. The SMILES string of the molecule is Cc1cc(C)c(S(=O)(=O)Nc2ncccc2C)cc1Br. The molecular weight excluding hydrogens is 340 g/mol. The molecule has 0 spiro atoms. The molecule has 1 heterocycles. The van der Waals surface area contributed by atoms with E-state index in [9.17, 15) is 8.42 Å². The number of sulfonamides is 1. The maximum Gasteiger partial charge on any atom is 0.263 e. The molecule has 2 rings (SSSR count). The maximum atomic E-state index is 12.5. The van der Waals surface area contributed by atoms with Crippen molar-refractivity contribution >= 4 is 31.8 Å². The zero-order valence-electron chi connectivity index (χ0n) is 11.4. The van der Waals surface area contributed by atoms with Crippen LogP contribution in [0.3, 0.4) is 0 Å². The minimum absolute atomic E-state index is 0.250. The summed E-state index contributed by atoms with van der Waals surface area (Å²) in [6.07, 6.45) is 1.56. The molecule has 1 N–H and O–H groups in total. The van der Waals surface area contributed by atoms with Crippen LogP contribution in [0.1, 0.15) is 16.7 Å². The Bertz CT molecular complexity index is 758. The van der Waals surface area contributed by atoms with Crippen molar-refractivity contribution < 1.29 is 8.42 Å². The number of rotatable bonds is 3. The number of benzene rings is 1. The van der Waals surface area contributed by atoms with Gasteiger partial charge in [0.25, 0.3) is 10.0 Å². The molecule has 1 aromatic heterocycles. The van der Waals surface area contributed by atoms with Crippen LogP contribution in [0.5, 0.6) is 0 Å². The topological polar surface area (TPSA) is 59.1 Å². The van der Waals surface area contributed by atoms with E-state index < -0.39 is 10.0 Å². The lowest BCUT2D eigenvalue weighted by atomic mass is 10.2. The Morgan fingerprint density at radius 1 is 1.10 bits per heavy atom. The van der Waals surface area contributed by atoms with Crippen molar-refractivity contribution in [3.8, 4) is 0 Å². The van der Waals surface area contributed by atoms with Gasteiger partial charge in [-0.25, -0.2) is 13.4 Å². The van der Waals surface area contributed by atoms with Crippen molar-refractivity contribution in [2.45, 2.75) is 25.7 Å². The van der Waals surface area contributed by atoms with Crippen molar-refractivity contribution in [3.63, 3.8) is 0 Å². The van der Waals surface area contributed by atoms with E-state index in [1.165, 1.54) is 0 Å². The van der Waals surface area contributed by atoms with Gasteiger partial charge >= 0.3 is 0 Å². The molecule has 0 atom stereocenters. The Morgan fingerprint density at radius 2 is 1.80 bits per heavy atom. The number of hydrogen-bond donors (Lipinski definition) is 1. The summed E-state index contributed by atoms with van der Waals surface area (Å²) in [7, 11) is -3.65. The number of anilines is 1. The van der Waals surface area contributed by atoms with Crippen molar-refractivity contribution in [2.24, 2.45) is 0 Å². The van der Waals surface area contributed by atoms with E-state index in [0.717, 1.165) is 15.6 Å². The highest BCUT2D eigenvalue weighted by Crippen LogP contribution is 2.26. The second-order valence-electron chi connectivity index (χ2n) is 4.64. The highest BCUT2D eigenvalue weighted by Gasteiger charge is 2.19. The molecule has 0 radical (unpaired) electrons. The van der Waals surface area contributed by atoms with E-state index in [-0.39, 0.29) is 4.90 Å². The number of halogens is 1. The number of aryl methyl sites for hydroxylation is 3. The van der Waals surface area contributed by atoms with Crippen molar-refractivity contribution in [2.75, 3.05) is 4.72 Å². The fourth-order valence-corrected chi connectivity index (χ4v) is 3.70.